The normalized spacial score (nSPS) is 21.6. The number of carbonyl (C=O) groups is 2. The Morgan fingerprint density at radius 1 is 1.00 bits per heavy atom. The Bertz CT molecular complexity index is 1240. The van der Waals surface area contributed by atoms with Crippen LogP contribution in [0.25, 0.3) is 0 Å². The van der Waals surface area contributed by atoms with Gasteiger partial charge in [0.25, 0.3) is 0 Å². The van der Waals surface area contributed by atoms with Crippen molar-refractivity contribution in [2.75, 3.05) is 4.90 Å². The predicted octanol–water partition coefficient (Wildman–Crippen LogP) is 5.43. The van der Waals surface area contributed by atoms with E-state index in [2.05, 4.69) is 13.8 Å². The highest BCUT2D eigenvalue weighted by Crippen LogP contribution is 2.48. The number of hydrogen-bond donors (Lipinski definition) is 0. The number of nitrogens with zero attached hydrogens (tertiary/aromatic N) is 3. The van der Waals surface area contributed by atoms with E-state index in [1.807, 2.05) is 89.4 Å². The van der Waals surface area contributed by atoms with Crippen LogP contribution < -0.4 is 4.90 Å². The van der Waals surface area contributed by atoms with Crippen LogP contribution in [0.3, 0.4) is 0 Å². The molecule has 0 bridgehead atoms. The Hall–Kier alpha value is -3.47. The third-order valence-corrected chi connectivity index (χ3v) is 6.77. The number of hydrogen-bond acceptors (Lipinski definition) is 3. The van der Waals surface area contributed by atoms with Gasteiger partial charge in [-0.3, -0.25) is 19.5 Å². The molecule has 1 aromatic heterocycles. The SMILES string of the molecule is Cn1cccc1C1C2C(=O)CC(C)(C)CC2=Nc2ccccc2N1C(=O)Cc1ccccc1. The summed E-state index contributed by atoms with van der Waals surface area (Å²) in [5.41, 5.74) is 4.14. The molecule has 2 unspecified atom stereocenters. The number of aliphatic imine (C=N–C) groups is 1. The molecule has 2 aliphatic rings. The van der Waals surface area contributed by atoms with E-state index < -0.39 is 12.0 Å². The molecule has 5 rings (SSSR count). The lowest BCUT2D eigenvalue weighted by atomic mass is 9.68. The molecule has 2 heterocycles. The second kappa shape index (κ2) is 8.14. The summed E-state index contributed by atoms with van der Waals surface area (Å²) in [5.74, 6) is -0.339. The smallest absolute Gasteiger partial charge is 0.232 e. The molecule has 1 saturated carbocycles. The zero-order valence-corrected chi connectivity index (χ0v) is 19.4. The predicted molar refractivity (Wildman–Crippen MR) is 131 cm³/mol. The highest BCUT2D eigenvalue weighted by Gasteiger charge is 2.48. The van der Waals surface area contributed by atoms with Crippen LogP contribution in [0.2, 0.25) is 0 Å². The number of para-hydroxylation sites is 2. The first-order chi connectivity index (χ1) is 15.8. The van der Waals surface area contributed by atoms with Crippen molar-refractivity contribution in [2.24, 2.45) is 23.4 Å². The molecule has 5 heteroatoms. The van der Waals surface area contributed by atoms with Gasteiger partial charge in [0.15, 0.2) is 0 Å². The first-order valence-corrected chi connectivity index (χ1v) is 11.5. The van der Waals surface area contributed by atoms with Crippen molar-refractivity contribution in [3.05, 3.63) is 84.2 Å². The third-order valence-electron chi connectivity index (χ3n) is 6.77. The third kappa shape index (κ3) is 3.92. The average Bonchev–Trinajstić information content (AvgIpc) is 3.12. The second-order valence-corrected chi connectivity index (χ2v) is 9.97. The van der Waals surface area contributed by atoms with E-state index in [9.17, 15) is 9.59 Å². The standard InChI is InChI=1S/C28H29N3O2/c1-28(2)17-21-26(24(32)18-28)27(23-14-9-15-30(23)3)31(22-13-8-7-12-20(22)29-21)25(33)16-19-10-5-4-6-11-19/h4-15,26-27H,16-18H2,1-3H3. The summed E-state index contributed by atoms with van der Waals surface area (Å²) in [6.07, 6.45) is 3.45. The number of anilines is 1. The molecule has 0 saturated heterocycles. The lowest BCUT2D eigenvalue weighted by Gasteiger charge is -2.41. The van der Waals surface area contributed by atoms with Crippen LogP contribution in [0.4, 0.5) is 11.4 Å². The average molecular weight is 440 g/mol. The maximum Gasteiger partial charge on any atom is 0.232 e. The molecule has 3 aromatic rings. The first kappa shape index (κ1) is 21.4. The summed E-state index contributed by atoms with van der Waals surface area (Å²) < 4.78 is 2.02. The number of ketones is 1. The lowest BCUT2D eigenvalue weighted by molar-refractivity contribution is -0.125. The van der Waals surface area contributed by atoms with Gasteiger partial charge in [-0.1, -0.05) is 56.3 Å². The van der Waals surface area contributed by atoms with Crippen molar-refractivity contribution < 1.29 is 9.59 Å². The number of aromatic nitrogens is 1. The van der Waals surface area contributed by atoms with Gasteiger partial charge in [-0.15, -0.1) is 0 Å². The van der Waals surface area contributed by atoms with Crippen LogP contribution in [0.5, 0.6) is 0 Å². The van der Waals surface area contributed by atoms with Gasteiger partial charge < -0.3 is 4.57 Å². The molecule has 1 fully saturated rings. The number of amides is 1. The van der Waals surface area contributed by atoms with Gasteiger partial charge >= 0.3 is 0 Å². The van der Waals surface area contributed by atoms with Crippen LogP contribution in [0.1, 0.15) is 44.0 Å². The quantitative estimate of drug-likeness (QED) is 0.546. The van der Waals surface area contributed by atoms with Gasteiger partial charge in [-0.05, 0) is 41.7 Å². The number of benzene rings is 2. The lowest BCUT2D eigenvalue weighted by Crippen LogP contribution is -2.48. The Labute approximate surface area is 194 Å². The molecule has 1 aliphatic carbocycles. The van der Waals surface area contributed by atoms with Gasteiger partial charge in [-0.25, -0.2) is 0 Å². The maximum absolute atomic E-state index is 14.0. The number of aryl methyl sites for hydroxylation is 1. The molecule has 33 heavy (non-hydrogen) atoms. The summed E-state index contributed by atoms with van der Waals surface area (Å²) in [6, 6.07) is 21.1. The van der Waals surface area contributed by atoms with E-state index in [0.29, 0.717) is 6.42 Å². The zero-order chi connectivity index (χ0) is 23.2. The molecule has 1 amide bonds. The van der Waals surface area contributed by atoms with Gasteiger partial charge in [0.05, 0.1) is 29.8 Å². The minimum atomic E-state index is -0.459. The van der Waals surface area contributed by atoms with Gasteiger partial charge in [0.2, 0.25) is 5.91 Å². The van der Waals surface area contributed by atoms with Crippen molar-refractivity contribution in [3.8, 4) is 0 Å². The topological polar surface area (TPSA) is 54.7 Å². The van der Waals surface area contributed by atoms with E-state index in [1.165, 1.54) is 0 Å². The first-order valence-electron chi connectivity index (χ1n) is 11.5. The van der Waals surface area contributed by atoms with Crippen molar-refractivity contribution in [2.45, 2.75) is 39.2 Å². The molecular formula is C28H29N3O2. The summed E-state index contributed by atoms with van der Waals surface area (Å²) in [4.78, 5) is 34.5. The molecule has 0 spiro atoms. The van der Waals surface area contributed by atoms with Crippen LogP contribution in [-0.4, -0.2) is 22.0 Å². The molecule has 0 radical (unpaired) electrons. The van der Waals surface area contributed by atoms with E-state index in [0.717, 1.165) is 34.8 Å². The summed E-state index contributed by atoms with van der Waals surface area (Å²) in [7, 11) is 1.97. The minimum Gasteiger partial charge on any atom is -0.353 e. The highest BCUT2D eigenvalue weighted by molar-refractivity contribution is 6.13. The maximum atomic E-state index is 14.0. The van der Waals surface area contributed by atoms with Crippen molar-refractivity contribution in [1.29, 1.82) is 0 Å². The van der Waals surface area contributed by atoms with Crippen LogP contribution in [-0.2, 0) is 23.1 Å². The van der Waals surface area contributed by atoms with Gasteiger partial charge in [0, 0.05) is 31.1 Å². The van der Waals surface area contributed by atoms with E-state index >= 15 is 0 Å². The Balaban J connectivity index is 1.70. The van der Waals surface area contributed by atoms with Crippen LogP contribution in [0.15, 0.2) is 77.9 Å². The molecule has 1 aliphatic heterocycles. The van der Waals surface area contributed by atoms with E-state index in [1.54, 1.807) is 0 Å². The van der Waals surface area contributed by atoms with Crippen molar-refractivity contribution in [1.82, 2.24) is 4.57 Å². The Morgan fingerprint density at radius 2 is 1.73 bits per heavy atom. The fourth-order valence-corrected chi connectivity index (χ4v) is 5.34. The van der Waals surface area contributed by atoms with Crippen LogP contribution >= 0.6 is 0 Å². The summed E-state index contributed by atoms with van der Waals surface area (Å²) in [5, 5.41) is 0. The Morgan fingerprint density at radius 3 is 2.45 bits per heavy atom. The van der Waals surface area contributed by atoms with E-state index in [4.69, 9.17) is 4.99 Å². The molecule has 2 aromatic carbocycles. The Kier molecular flexibility index (Phi) is 5.28. The number of carbonyl (C=O) groups excluding carboxylic acids is 2. The highest BCUT2D eigenvalue weighted by atomic mass is 16.2. The molecule has 0 N–H and O–H groups in total. The molecule has 168 valence electrons. The van der Waals surface area contributed by atoms with Gasteiger partial charge in [-0.2, -0.15) is 0 Å². The molecular weight excluding hydrogens is 410 g/mol. The molecule has 2 atom stereocenters. The fourth-order valence-electron chi connectivity index (χ4n) is 5.34. The number of Topliss-reactive ketones (excluding diaryl/α,β-unsaturated/α-hetero) is 1. The summed E-state index contributed by atoms with van der Waals surface area (Å²) in [6.45, 7) is 4.24. The minimum absolute atomic E-state index is 0.0334. The zero-order valence-electron chi connectivity index (χ0n) is 19.4. The van der Waals surface area contributed by atoms with E-state index in [-0.39, 0.29) is 23.5 Å². The summed E-state index contributed by atoms with van der Waals surface area (Å²) >= 11 is 0. The largest absolute Gasteiger partial charge is 0.353 e. The number of rotatable bonds is 3. The fraction of sp³-hybridized carbons (Fsp3) is 0.321. The monoisotopic (exact) mass is 439 g/mol. The van der Waals surface area contributed by atoms with Gasteiger partial charge in [0.1, 0.15) is 5.78 Å². The second-order valence-electron chi connectivity index (χ2n) is 9.97. The van der Waals surface area contributed by atoms with Crippen molar-refractivity contribution >= 4 is 28.8 Å². The van der Waals surface area contributed by atoms with Crippen molar-refractivity contribution in [3.63, 3.8) is 0 Å². The number of fused-ring (bicyclic) bond motifs is 2. The van der Waals surface area contributed by atoms with Crippen LogP contribution in [0, 0.1) is 11.3 Å². The molecule has 5 nitrogen and oxygen atoms in total.